The Morgan fingerprint density at radius 2 is 1.88 bits per heavy atom. The van der Waals surface area contributed by atoms with E-state index in [-0.39, 0.29) is 17.1 Å². The molecule has 0 aliphatic carbocycles. The Morgan fingerprint density at radius 1 is 1.08 bits per heavy atom. The van der Waals surface area contributed by atoms with Crippen LogP contribution in [0.2, 0.25) is 0 Å². The molecule has 0 radical (unpaired) electrons. The van der Waals surface area contributed by atoms with Crippen molar-refractivity contribution in [1.29, 1.82) is 0 Å². The molecule has 2 aliphatic rings. The molecule has 130 valence electrons. The summed E-state index contributed by atoms with van der Waals surface area (Å²) >= 11 is 0. The number of fused-ring (bicyclic) bond motifs is 3. The third kappa shape index (κ3) is 2.72. The molecular formula is C21H22O4. The Kier molecular flexibility index (Phi) is 3.46. The van der Waals surface area contributed by atoms with Gasteiger partial charge in [-0.25, -0.2) is 0 Å². The molecule has 25 heavy (non-hydrogen) atoms. The standard InChI is InChI=1S/C21H22O4/c1-12-8-16(18(23)10-17(12)22)14-9-13-4-5-19-15(20(13)24-11-14)6-7-21(2,3)25-19/h4-5,8-10,22-23H,6-7,11H2,1-3H3. The van der Waals surface area contributed by atoms with Crippen LogP contribution < -0.4 is 9.47 Å². The summed E-state index contributed by atoms with van der Waals surface area (Å²) in [5.74, 6) is 1.93. The van der Waals surface area contributed by atoms with Crippen molar-refractivity contribution in [2.24, 2.45) is 0 Å². The van der Waals surface area contributed by atoms with E-state index in [0.29, 0.717) is 12.2 Å². The smallest absolute Gasteiger partial charge is 0.133 e. The number of hydrogen-bond donors (Lipinski definition) is 2. The number of ether oxygens (including phenoxy) is 2. The van der Waals surface area contributed by atoms with Crippen molar-refractivity contribution in [3.8, 4) is 23.0 Å². The molecular weight excluding hydrogens is 316 g/mol. The fourth-order valence-electron chi connectivity index (χ4n) is 3.50. The van der Waals surface area contributed by atoms with E-state index in [2.05, 4.69) is 13.8 Å². The zero-order valence-corrected chi connectivity index (χ0v) is 14.7. The van der Waals surface area contributed by atoms with Gasteiger partial charge >= 0.3 is 0 Å². The van der Waals surface area contributed by atoms with Crippen LogP contribution in [-0.2, 0) is 6.42 Å². The number of rotatable bonds is 1. The minimum absolute atomic E-state index is 0.0597. The lowest BCUT2D eigenvalue weighted by Gasteiger charge is -2.34. The van der Waals surface area contributed by atoms with Crippen LogP contribution in [0.3, 0.4) is 0 Å². The van der Waals surface area contributed by atoms with E-state index >= 15 is 0 Å². The number of hydrogen-bond acceptors (Lipinski definition) is 4. The first-order valence-corrected chi connectivity index (χ1v) is 8.55. The molecule has 4 rings (SSSR count). The number of phenolic OH excluding ortho intramolecular Hbond substituents is 2. The van der Waals surface area contributed by atoms with E-state index in [1.54, 1.807) is 6.07 Å². The third-order valence-electron chi connectivity index (χ3n) is 4.97. The molecule has 0 saturated carbocycles. The predicted octanol–water partition coefficient (Wildman–Crippen LogP) is 4.44. The van der Waals surface area contributed by atoms with E-state index in [1.807, 2.05) is 25.1 Å². The Labute approximate surface area is 147 Å². The summed E-state index contributed by atoms with van der Waals surface area (Å²) in [6.07, 6.45) is 3.93. The van der Waals surface area contributed by atoms with Gasteiger partial charge in [0.05, 0.1) is 0 Å². The summed E-state index contributed by atoms with van der Waals surface area (Å²) in [7, 11) is 0. The molecule has 0 spiro atoms. The highest BCUT2D eigenvalue weighted by molar-refractivity contribution is 5.88. The van der Waals surface area contributed by atoms with Crippen molar-refractivity contribution in [1.82, 2.24) is 0 Å². The second-order valence-electron chi connectivity index (χ2n) is 7.44. The molecule has 0 atom stereocenters. The summed E-state index contributed by atoms with van der Waals surface area (Å²) in [6.45, 7) is 6.39. The maximum atomic E-state index is 10.2. The Balaban J connectivity index is 1.76. The molecule has 0 fully saturated rings. The number of aromatic hydroxyl groups is 2. The second kappa shape index (κ2) is 5.45. The first-order chi connectivity index (χ1) is 11.8. The topological polar surface area (TPSA) is 58.9 Å². The van der Waals surface area contributed by atoms with Gasteiger partial charge in [-0.05, 0) is 63.5 Å². The lowest BCUT2D eigenvalue weighted by atomic mass is 9.90. The lowest BCUT2D eigenvalue weighted by molar-refractivity contribution is 0.0834. The minimum Gasteiger partial charge on any atom is -0.508 e. The Bertz CT molecular complexity index is 893. The number of benzene rings is 2. The molecule has 2 aromatic carbocycles. The van der Waals surface area contributed by atoms with Crippen molar-refractivity contribution in [2.45, 2.75) is 39.2 Å². The molecule has 0 amide bonds. The Hall–Kier alpha value is -2.62. The van der Waals surface area contributed by atoms with Crippen LogP contribution >= 0.6 is 0 Å². The fraction of sp³-hybridized carbons (Fsp3) is 0.333. The van der Waals surface area contributed by atoms with E-state index in [9.17, 15) is 10.2 Å². The molecule has 0 unspecified atom stereocenters. The van der Waals surface area contributed by atoms with E-state index < -0.39 is 0 Å². The fourth-order valence-corrected chi connectivity index (χ4v) is 3.50. The monoisotopic (exact) mass is 338 g/mol. The quantitative estimate of drug-likeness (QED) is 0.807. The summed E-state index contributed by atoms with van der Waals surface area (Å²) in [5, 5.41) is 19.9. The Morgan fingerprint density at radius 3 is 2.68 bits per heavy atom. The van der Waals surface area contributed by atoms with Crippen molar-refractivity contribution in [3.63, 3.8) is 0 Å². The van der Waals surface area contributed by atoms with Gasteiger partial charge in [0.1, 0.15) is 35.2 Å². The van der Waals surface area contributed by atoms with Crippen LogP contribution in [0.4, 0.5) is 0 Å². The summed E-state index contributed by atoms with van der Waals surface area (Å²) in [5.41, 5.74) is 4.28. The largest absolute Gasteiger partial charge is 0.508 e. The zero-order chi connectivity index (χ0) is 17.8. The second-order valence-corrected chi connectivity index (χ2v) is 7.44. The van der Waals surface area contributed by atoms with Gasteiger partial charge < -0.3 is 19.7 Å². The van der Waals surface area contributed by atoms with Gasteiger partial charge in [0.25, 0.3) is 0 Å². The van der Waals surface area contributed by atoms with Gasteiger partial charge in [0, 0.05) is 28.3 Å². The molecule has 2 heterocycles. The SMILES string of the molecule is Cc1cc(C2=Cc3ccc4c(c3OC2)CCC(C)(C)O4)c(O)cc1O. The molecule has 4 heteroatoms. The zero-order valence-electron chi connectivity index (χ0n) is 14.7. The molecule has 0 saturated heterocycles. The maximum Gasteiger partial charge on any atom is 0.133 e. The molecule has 2 N–H and O–H groups in total. The maximum absolute atomic E-state index is 10.2. The van der Waals surface area contributed by atoms with E-state index in [4.69, 9.17) is 9.47 Å². The lowest BCUT2D eigenvalue weighted by Crippen LogP contribution is -2.33. The van der Waals surface area contributed by atoms with Gasteiger partial charge in [-0.2, -0.15) is 0 Å². The van der Waals surface area contributed by atoms with Gasteiger partial charge in [-0.15, -0.1) is 0 Å². The summed E-state index contributed by atoms with van der Waals surface area (Å²) in [6, 6.07) is 7.16. The molecule has 2 aromatic rings. The van der Waals surface area contributed by atoms with Crippen LogP contribution in [0.15, 0.2) is 24.3 Å². The van der Waals surface area contributed by atoms with Crippen LogP contribution in [-0.4, -0.2) is 22.4 Å². The highest BCUT2D eigenvalue weighted by atomic mass is 16.5. The molecule has 2 aliphatic heterocycles. The molecule has 4 nitrogen and oxygen atoms in total. The number of phenols is 2. The van der Waals surface area contributed by atoms with Gasteiger partial charge in [0.15, 0.2) is 0 Å². The third-order valence-corrected chi connectivity index (χ3v) is 4.97. The first-order valence-electron chi connectivity index (χ1n) is 8.55. The normalized spacial score (nSPS) is 17.6. The van der Waals surface area contributed by atoms with Crippen LogP contribution in [0, 0.1) is 6.92 Å². The van der Waals surface area contributed by atoms with Crippen LogP contribution in [0.25, 0.3) is 11.6 Å². The van der Waals surface area contributed by atoms with Crippen molar-refractivity contribution in [3.05, 3.63) is 46.5 Å². The average Bonchev–Trinajstić information content (AvgIpc) is 2.56. The summed E-state index contributed by atoms with van der Waals surface area (Å²) in [4.78, 5) is 0. The van der Waals surface area contributed by atoms with Crippen LogP contribution in [0.1, 0.15) is 42.5 Å². The number of aryl methyl sites for hydroxylation is 1. The molecule has 0 bridgehead atoms. The van der Waals surface area contributed by atoms with Gasteiger partial charge in [-0.1, -0.05) is 0 Å². The van der Waals surface area contributed by atoms with E-state index in [0.717, 1.165) is 46.6 Å². The van der Waals surface area contributed by atoms with Gasteiger partial charge in [-0.3, -0.25) is 0 Å². The van der Waals surface area contributed by atoms with Crippen molar-refractivity contribution < 1.29 is 19.7 Å². The van der Waals surface area contributed by atoms with Crippen LogP contribution in [0.5, 0.6) is 23.0 Å². The van der Waals surface area contributed by atoms with Gasteiger partial charge in [0.2, 0.25) is 0 Å². The highest BCUT2D eigenvalue weighted by Gasteiger charge is 2.30. The van der Waals surface area contributed by atoms with E-state index in [1.165, 1.54) is 6.07 Å². The highest BCUT2D eigenvalue weighted by Crippen LogP contribution is 2.44. The predicted molar refractivity (Wildman–Crippen MR) is 97.3 cm³/mol. The molecule has 0 aromatic heterocycles. The first kappa shape index (κ1) is 15.9. The van der Waals surface area contributed by atoms with Crippen molar-refractivity contribution in [2.75, 3.05) is 6.61 Å². The van der Waals surface area contributed by atoms with Crippen molar-refractivity contribution >= 4 is 11.6 Å². The average molecular weight is 338 g/mol. The minimum atomic E-state index is -0.147. The summed E-state index contributed by atoms with van der Waals surface area (Å²) < 4.78 is 12.1.